The number of aromatic amines is 1. The van der Waals surface area contributed by atoms with E-state index in [9.17, 15) is 0 Å². The smallest absolute Gasteiger partial charge is 0.0540 e. The molecule has 2 aromatic heterocycles. The second-order valence-electron chi connectivity index (χ2n) is 8.21. The molecule has 1 N–H and O–H groups in total. The van der Waals surface area contributed by atoms with Crippen LogP contribution in [0.25, 0.3) is 28.0 Å². The van der Waals surface area contributed by atoms with Gasteiger partial charge in [0.1, 0.15) is 0 Å². The molecule has 3 nitrogen and oxygen atoms in total. The topological polar surface area (TPSA) is 31.9 Å². The highest BCUT2D eigenvalue weighted by Gasteiger charge is 2.33. The Balaban J connectivity index is 1.61. The third-order valence-electron chi connectivity index (χ3n) is 6.48. The summed E-state index contributed by atoms with van der Waals surface area (Å²) < 4.78 is 0. The van der Waals surface area contributed by atoms with Crippen molar-refractivity contribution >= 4 is 17.2 Å². The number of pyridine rings is 1. The van der Waals surface area contributed by atoms with Gasteiger partial charge in [-0.25, -0.2) is 0 Å². The number of benzene rings is 1. The minimum absolute atomic E-state index is 0.582. The Morgan fingerprint density at radius 3 is 2.83 bits per heavy atom. The number of aromatic nitrogens is 2. The fraction of sp³-hybridized carbons (Fsp3) is 0.320. The number of fused-ring (bicyclic) bond motifs is 1. The lowest BCUT2D eigenvalue weighted by Gasteiger charge is -2.28. The van der Waals surface area contributed by atoms with Gasteiger partial charge >= 0.3 is 0 Å². The van der Waals surface area contributed by atoms with Gasteiger partial charge in [0.2, 0.25) is 0 Å². The van der Waals surface area contributed by atoms with Crippen LogP contribution in [0.3, 0.4) is 0 Å². The number of hydrogen-bond acceptors (Lipinski definition) is 2. The van der Waals surface area contributed by atoms with Crippen molar-refractivity contribution in [2.24, 2.45) is 5.92 Å². The number of rotatable bonds is 4. The van der Waals surface area contributed by atoms with Crippen LogP contribution < -0.4 is 0 Å². The van der Waals surface area contributed by atoms with E-state index in [4.69, 9.17) is 11.6 Å². The summed E-state index contributed by atoms with van der Waals surface area (Å²) in [7, 11) is 0. The van der Waals surface area contributed by atoms with Crippen molar-refractivity contribution in [3.05, 3.63) is 71.7 Å². The molecule has 2 unspecified atom stereocenters. The second kappa shape index (κ2) is 7.81. The van der Waals surface area contributed by atoms with Gasteiger partial charge in [-0.15, -0.1) is 0 Å². The number of nitrogens with one attached hydrogen (secondary N) is 1. The first-order chi connectivity index (χ1) is 14.2. The summed E-state index contributed by atoms with van der Waals surface area (Å²) in [6, 6.07) is 12.9. The average molecular weight is 404 g/mol. The summed E-state index contributed by atoms with van der Waals surface area (Å²) in [5.41, 5.74) is 7.44. The van der Waals surface area contributed by atoms with Crippen molar-refractivity contribution < 1.29 is 0 Å². The first kappa shape index (κ1) is 18.7. The van der Waals surface area contributed by atoms with E-state index in [0.29, 0.717) is 6.04 Å². The lowest BCUT2D eigenvalue weighted by molar-refractivity contribution is 0.281. The van der Waals surface area contributed by atoms with Crippen LogP contribution in [0.2, 0.25) is 5.02 Å². The maximum Gasteiger partial charge on any atom is 0.0540 e. The molecule has 0 bridgehead atoms. The summed E-state index contributed by atoms with van der Waals surface area (Å²) in [4.78, 5) is 10.4. The van der Waals surface area contributed by atoms with Gasteiger partial charge in [-0.05, 0) is 54.2 Å². The van der Waals surface area contributed by atoms with Crippen LogP contribution in [0, 0.1) is 5.92 Å². The van der Waals surface area contributed by atoms with Crippen molar-refractivity contribution in [2.75, 3.05) is 13.1 Å². The van der Waals surface area contributed by atoms with Gasteiger partial charge in [0.15, 0.2) is 0 Å². The van der Waals surface area contributed by atoms with Gasteiger partial charge in [0.05, 0.1) is 5.69 Å². The molecule has 4 heteroatoms. The normalized spacial score (nSPS) is 21.8. The minimum Gasteiger partial charge on any atom is -0.360 e. The highest BCUT2D eigenvalue weighted by molar-refractivity contribution is 6.30. The molecule has 0 saturated carbocycles. The summed E-state index contributed by atoms with van der Waals surface area (Å²) in [5.74, 6) is 0.837. The van der Waals surface area contributed by atoms with Gasteiger partial charge in [0.25, 0.3) is 0 Å². The van der Waals surface area contributed by atoms with Gasteiger partial charge in [0, 0.05) is 59.4 Å². The van der Waals surface area contributed by atoms with Crippen LogP contribution in [0.1, 0.15) is 31.7 Å². The van der Waals surface area contributed by atoms with Gasteiger partial charge in [-0.1, -0.05) is 43.2 Å². The predicted octanol–water partition coefficient (Wildman–Crippen LogP) is 6.28. The molecule has 0 aliphatic carbocycles. The van der Waals surface area contributed by atoms with Crippen LogP contribution in [0.15, 0.2) is 61.1 Å². The molecule has 0 radical (unpaired) electrons. The zero-order valence-electron chi connectivity index (χ0n) is 16.7. The van der Waals surface area contributed by atoms with E-state index in [2.05, 4.69) is 52.3 Å². The molecular weight excluding hydrogens is 378 g/mol. The molecule has 148 valence electrons. The van der Waals surface area contributed by atoms with E-state index in [1.807, 2.05) is 30.6 Å². The number of halogens is 1. The quantitative estimate of drug-likeness (QED) is 0.555. The first-order valence-corrected chi connectivity index (χ1v) is 10.9. The van der Waals surface area contributed by atoms with Gasteiger partial charge in [-0.3, -0.25) is 9.88 Å². The first-order valence-electron chi connectivity index (χ1n) is 10.6. The molecule has 1 fully saturated rings. The predicted molar refractivity (Wildman–Crippen MR) is 121 cm³/mol. The van der Waals surface area contributed by atoms with Crippen LogP contribution in [0.4, 0.5) is 0 Å². The molecule has 1 saturated heterocycles. The molecule has 2 aliphatic rings. The molecule has 4 heterocycles. The molecule has 0 spiro atoms. The largest absolute Gasteiger partial charge is 0.360 e. The Bertz CT molecular complexity index is 1040. The highest BCUT2D eigenvalue weighted by Crippen LogP contribution is 2.41. The van der Waals surface area contributed by atoms with Crippen LogP contribution in [0.5, 0.6) is 0 Å². The van der Waals surface area contributed by atoms with Crippen molar-refractivity contribution in [3.63, 3.8) is 0 Å². The Morgan fingerprint density at radius 1 is 1.17 bits per heavy atom. The summed E-state index contributed by atoms with van der Waals surface area (Å²) in [6.45, 7) is 4.72. The van der Waals surface area contributed by atoms with Crippen molar-refractivity contribution in [3.8, 4) is 22.4 Å². The molecule has 2 aliphatic heterocycles. The zero-order chi connectivity index (χ0) is 19.8. The SMILES string of the molecule is CCC1CC2C=C(c3c[nH]c(-c4cccc(Cl)c4)c3-c3ccncc3)CCN2C1. The van der Waals surface area contributed by atoms with Crippen molar-refractivity contribution in [1.29, 1.82) is 0 Å². The molecule has 5 rings (SSSR count). The number of nitrogens with zero attached hydrogens (tertiary/aromatic N) is 2. The lowest BCUT2D eigenvalue weighted by Crippen LogP contribution is -2.32. The fourth-order valence-corrected chi connectivity index (χ4v) is 5.12. The minimum atomic E-state index is 0.582. The van der Waals surface area contributed by atoms with E-state index in [0.717, 1.165) is 35.2 Å². The fourth-order valence-electron chi connectivity index (χ4n) is 4.93. The van der Waals surface area contributed by atoms with Gasteiger partial charge in [-0.2, -0.15) is 0 Å². The highest BCUT2D eigenvalue weighted by atomic mass is 35.5. The Kier molecular flexibility index (Phi) is 5.03. The van der Waals surface area contributed by atoms with Crippen LogP contribution in [-0.2, 0) is 0 Å². The van der Waals surface area contributed by atoms with Crippen LogP contribution >= 0.6 is 11.6 Å². The maximum atomic E-state index is 6.30. The third-order valence-corrected chi connectivity index (χ3v) is 6.72. The van der Waals surface area contributed by atoms with E-state index in [-0.39, 0.29) is 0 Å². The molecule has 0 amide bonds. The van der Waals surface area contributed by atoms with E-state index in [1.54, 1.807) is 0 Å². The maximum absolute atomic E-state index is 6.30. The monoisotopic (exact) mass is 403 g/mol. The Morgan fingerprint density at radius 2 is 2.03 bits per heavy atom. The van der Waals surface area contributed by atoms with E-state index >= 15 is 0 Å². The summed E-state index contributed by atoms with van der Waals surface area (Å²) in [6.07, 6.45) is 12.1. The number of H-pyrrole nitrogens is 1. The van der Waals surface area contributed by atoms with Crippen LogP contribution in [-0.4, -0.2) is 34.0 Å². The summed E-state index contributed by atoms with van der Waals surface area (Å²) in [5, 5.41) is 0.753. The second-order valence-corrected chi connectivity index (χ2v) is 8.65. The van der Waals surface area contributed by atoms with Crippen molar-refractivity contribution in [2.45, 2.75) is 32.2 Å². The third kappa shape index (κ3) is 3.54. The number of hydrogen-bond donors (Lipinski definition) is 1. The molecule has 29 heavy (non-hydrogen) atoms. The Hall–Kier alpha value is -2.36. The van der Waals surface area contributed by atoms with E-state index < -0.39 is 0 Å². The lowest BCUT2D eigenvalue weighted by atomic mass is 9.90. The Labute approximate surface area is 177 Å². The molecule has 3 aromatic rings. The molecule has 2 atom stereocenters. The molecule has 1 aromatic carbocycles. The van der Waals surface area contributed by atoms with E-state index in [1.165, 1.54) is 41.6 Å². The standard InChI is InChI=1S/C25H26ClN3/c1-2-17-12-22-14-19(8-11-29(22)16-17)23-15-28-25(20-4-3-5-21(26)13-20)24(23)18-6-9-27-10-7-18/h3-7,9-10,13-15,17,22,28H,2,8,11-12,16H2,1H3. The zero-order valence-corrected chi connectivity index (χ0v) is 17.5. The van der Waals surface area contributed by atoms with Crippen molar-refractivity contribution in [1.82, 2.24) is 14.9 Å². The average Bonchev–Trinajstić information content (AvgIpc) is 3.38. The molecular formula is C25H26ClN3. The van der Waals surface area contributed by atoms with Gasteiger partial charge < -0.3 is 4.98 Å². The summed E-state index contributed by atoms with van der Waals surface area (Å²) >= 11 is 6.30.